The highest BCUT2D eigenvalue weighted by Gasteiger charge is 2.20. The van der Waals surface area contributed by atoms with Crippen LogP contribution in [0.4, 0.5) is 0 Å². The van der Waals surface area contributed by atoms with Gasteiger partial charge in [0.15, 0.2) is 11.6 Å². The zero-order valence-electron chi connectivity index (χ0n) is 17.5. The lowest BCUT2D eigenvalue weighted by molar-refractivity contribution is 0.169. The average molecular weight is 524 g/mol. The highest BCUT2D eigenvalue weighted by Crippen LogP contribution is 2.09. The van der Waals surface area contributed by atoms with Gasteiger partial charge in [0.1, 0.15) is 11.6 Å². The van der Waals surface area contributed by atoms with Crippen molar-refractivity contribution >= 4 is 35.6 Å². The van der Waals surface area contributed by atoms with Crippen LogP contribution in [0.2, 0.25) is 0 Å². The summed E-state index contributed by atoms with van der Waals surface area (Å²) >= 11 is 0. The maximum Gasteiger partial charge on any atom is 0.193 e. The first-order chi connectivity index (χ1) is 14.2. The van der Waals surface area contributed by atoms with Crippen molar-refractivity contribution in [1.82, 2.24) is 34.9 Å². The van der Waals surface area contributed by atoms with Crippen molar-refractivity contribution in [2.75, 3.05) is 39.8 Å². The van der Waals surface area contributed by atoms with Gasteiger partial charge in [-0.2, -0.15) is 0 Å². The first-order valence-corrected chi connectivity index (χ1v) is 10.1. The molecule has 0 amide bonds. The SMILES string of the molecule is CN=C(NCCCc1nnc2ccccn12)N1CCN(Cc2cc(C)on2)CC1.I. The summed E-state index contributed by atoms with van der Waals surface area (Å²) in [5, 5.41) is 16.1. The molecule has 4 heterocycles. The molecule has 1 saturated heterocycles. The number of piperazine rings is 1. The van der Waals surface area contributed by atoms with Gasteiger partial charge >= 0.3 is 0 Å². The number of aliphatic imine (C=N–C) groups is 1. The Morgan fingerprint density at radius 1 is 1.20 bits per heavy atom. The van der Waals surface area contributed by atoms with Crippen molar-refractivity contribution < 1.29 is 4.52 Å². The molecule has 0 unspecified atom stereocenters. The lowest BCUT2D eigenvalue weighted by atomic mass is 10.2. The highest BCUT2D eigenvalue weighted by molar-refractivity contribution is 14.0. The number of hydrogen-bond donors (Lipinski definition) is 1. The third-order valence-electron chi connectivity index (χ3n) is 5.19. The summed E-state index contributed by atoms with van der Waals surface area (Å²) in [4.78, 5) is 9.18. The predicted octanol–water partition coefficient (Wildman–Crippen LogP) is 1.97. The molecule has 162 valence electrons. The highest BCUT2D eigenvalue weighted by atomic mass is 127. The topological polar surface area (TPSA) is 87.1 Å². The van der Waals surface area contributed by atoms with Crippen LogP contribution in [-0.2, 0) is 13.0 Å². The Kier molecular flexibility index (Phi) is 8.02. The van der Waals surface area contributed by atoms with E-state index in [0.29, 0.717) is 0 Å². The molecule has 0 saturated carbocycles. The maximum atomic E-state index is 5.16. The molecular formula is C20H29IN8O. The monoisotopic (exact) mass is 524 g/mol. The van der Waals surface area contributed by atoms with E-state index < -0.39 is 0 Å². The second-order valence-corrected chi connectivity index (χ2v) is 7.31. The van der Waals surface area contributed by atoms with Crippen molar-refractivity contribution in [1.29, 1.82) is 0 Å². The van der Waals surface area contributed by atoms with Crippen molar-refractivity contribution in [3.05, 3.63) is 47.7 Å². The molecule has 1 aliphatic heterocycles. The smallest absolute Gasteiger partial charge is 0.193 e. The van der Waals surface area contributed by atoms with Gasteiger partial charge in [0.2, 0.25) is 0 Å². The van der Waals surface area contributed by atoms with E-state index in [2.05, 4.69) is 35.5 Å². The van der Waals surface area contributed by atoms with E-state index in [9.17, 15) is 0 Å². The Morgan fingerprint density at radius 3 is 2.77 bits per heavy atom. The van der Waals surface area contributed by atoms with Crippen LogP contribution in [0.1, 0.15) is 23.7 Å². The molecule has 0 aliphatic carbocycles. The summed E-state index contributed by atoms with van der Waals surface area (Å²) in [5.74, 6) is 2.82. The number of guanidine groups is 1. The zero-order chi connectivity index (χ0) is 20.1. The van der Waals surface area contributed by atoms with E-state index in [4.69, 9.17) is 4.52 Å². The fourth-order valence-electron chi connectivity index (χ4n) is 3.68. The molecule has 3 aromatic rings. The van der Waals surface area contributed by atoms with Gasteiger partial charge in [0, 0.05) is 65.0 Å². The quantitative estimate of drug-likeness (QED) is 0.228. The molecule has 1 N–H and O–H groups in total. The van der Waals surface area contributed by atoms with E-state index in [-0.39, 0.29) is 24.0 Å². The van der Waals surface area contributed by atoms with Crippen LogP contribution < -0.4 is 5.32 Å². The number of fused-ring (bicyclic) bond motifs is 1. The molecule has 0 aromatic carbocycles. The summed E-state index contributed by atoms with van der Waals surface area (Å²) < 4.78 is 7.21. The van der Waals surface area contributed by atoms with Gasteiger partial charge in [0.25, 0.3) is 0 Å². The normalized spacial score (nSPS) is 15.4. The van der Waals surface area contributed by atoms with Crippen molar-refractivity contribution in [3.63, 3.8) is 0 Å². The van der Waals surface area contributed by atoms with Gasteiger partial charge < -0.3 is 14.7 Å². The van der Waals surface area contributed by atoms with E-state index in [1.807, 2.05) is 48.8 Å². The van der Waals surface area contributed by atoms with Crippen LogP contribution in [0.3, 0.4) is 0 Å². The minimum Gasteiger partial charge on any atom is -0.361 e. The molecule has 9 nitrogen and oxygen atoms in total. The summed E-state index contributed by atoms with van der Waals surface area (Å²) in [7, 11) is 1.85. The zero-order valence-corrected chi connectivity index (χ0v) is 19.8. The third kappa shape index (κ3) is 5.48. The fraction of sp³-hybridized carbons (Fsp3) is 0.500. The molecule has 0 spiro atoms. The Bertz CT molecular complexity index is 961. The molecule has 1 aliphatic rings. The average Bonchev–Trinajstić information content (AvgIpc) is 3.35. The summed E-state index contributed by atoms with van der Waals surface area (Å²) in [6, 6.07) is 7.96. The largest absolute Gasteiger partial charge is 0.361 e. The number of nitrogens with one attached hydrogen (secondary N) is 1. The van der Waals surface area contributed by atoms with Gasteiger partial charge in [-0.3, -0.25) is 14.3 Å². The fourth-order valence-corrected chi connectivity index (χ4v) is 3.68. The lowest BCUT2D eigenvalue weighted by Gasteiger charge is -2.36. The molecule has 3 aromatic heterocycles. The number of pyridine rings is 1. The molecule has 0 bridgehead atoms. The van der Waals surface area contributed by atoms with E-state index in [1.165, 1.54) is 0 Å². The molecule has 1 fully saturated rings. The Balaban J connectivity index is 0.00000256. The van der Waals surface area contributed by atoms with Crippen LogP contribution in [0, 0.1) is 6.92 Å². The number of nitrogens with zero attached hydrogens (tertiary/aromatic N) is 7. The minimum atomic E-state index is 0. The van der Waals surface area contributed by atoms with Crippen molar-refractivity contribution in [2.45, 2.75) is 26.3 Å². The Hall–Kier alpha value is -2.21. The molecule has 10 heteroatoms. The third-order valence-corrected chi connectivity index (χ3v) is 5.19. The van der Waals surface area contributed by atoms with E-state index in [1.54, 1.807) is 0 Å². The number of rotatable bonds is 6. The lowest BCUT2D eigenvalue weighted by Crippen LogP contribution is -2.52. The van der Waals surface area contributed by atoms with E-state index in [0.717, 1.165) is 81.0 Å². The second-order valence-electron chi connectivity index (χ2n) is 7.31. The molecule has 0 radical (unpaired) electrons. The van der Waals surface area contributed by atoms with Gasteiger partial charge in [-0.15, -0.1) is 34.2 Å². The van der Waals surface area contributed by atoms with E-state index >= 15 is 0 Å². The molecule has 30 heavy (non-hydrogen) atoms. The Labute approximate surface area is 193 Å². The number of halogens is 1. The van der Waals surface area contributed by atoms with Crippen LogP contribution in [0.5, 0.6) is 0 Å². The minimum absolute atomic E-state index is 0. The molecule has 4 rings (SSSR count). The number of aryl methyl sites for hydroxylation is 2. The Morgan fingerprint density at radius 2 is 2.03 bits per heavy atom. The van der Waals surface area contributed by atoms with Crippen LogP contribution >= 0.6 is 24.0 Å². The summed E-state index contributed by atoms with van der Waals surface area (Å²) in [6.07, 6.45) is 3.86. The van der Waals surface area contributed by atoms with Gasteiger partial charge in [-0.05, 0) is 25.5 Å². The van der Waals surface area contributed by atoms with Gasteiger partial charge in [-0.25, -0.2) is 0 Å². The van der Waals surface area contributed by atoms with Crippen molar-refractivity contribution in [2.24, 2.45) is 4.99 Å². The second kappa shape index (κ2) is 10.7. The first kappa shape index (κ1) is 22.5. The van der Waals surface area contributed by atoms with Crippen LogP contribution in [0.15, 0.2) is 40.0 Å². The van der Waals surface area contributed by atoms with Crippen LogP contribution in [0.25, 0.3) is 5.65 Å². The predicted molar refractivity (Wildman–Crippen MR) is 126 cm³/mol. The van der Waals surface area contributed by atoms with Crippen molar-refractivity contribution in [3.8, 4) is 0 Å². The maximum absolute atomic E-state index is 5.16. The van der Waals surface area contributed by atoms with Gasteiger partial charge in [-0.1, -0.05) is 11.2 Å². The first-order valence-electron chi connectivity index (χ1n) is 10.1. The van der Waals surface area contributed by atoms with Crippen LogP contribution in [-0.4, -0.2) is 75.3 Å². The molecular weight excluding hydrogens is 495 g/mol. The summed E-state index contributed by atoms with van der Waals surface area (Å²) in [5.41, 5.74) is 1.89. The molecule has 0 atom stereocenters. The summed E-state index contributed by atoms with van der Waals surface area (Å²) in [6.45, 7) is 7.49. The van der Waals surface area contributed by atoms with Gasteiger partial charge in [0.05, 0.1) is 5.69 Å². The standard InChI is InChI=1S/C20H28N8O.HI/c1-16-14-17(25-29-16)15-26-10-12-27(13-11-26)20(21-2)22-8-5-7-19-24-23-18-6-3-4-9-28(18)19;/h3-4,6,9,14H,5,7-8,10-13,15H2,1-2H3,(H,21,22);1H. The number of aromatic nitrogens is 4. The number of hydrogen-bond acceptors (Lipinski definition) is 6.